The van der Waals surface area contributed by atoms with Crippen LogP contribution in [-0.2, 0) is 0 Å². The van der Waals surface area contributed by atoms with Crippen molar-refractivity contribution in [2.45, 2.75) is 13.0 Å². The van der Waals surface area contributed by atoms with Gasteiger partial charge in [-0.05, 0) is 35.6 Å². The first-order valence-electron chi connectivity index (χ1n) is 5.97. The van der Waals surface area contributed by atoms with E-state index in [-0.39, 0.29) is 17.6 Å². The highest BCUT2D eigenvalue weighted by Gasteiger charge is 2.17. The van der Waals surface area contributed by atoms with Crippen LogP contribution in [0.4, 0.5) is 11.5 Å². The summed E-state index contributed by atoms with van der Waals surface area (Å²) in [6, 6.07) is 9.53. The van der Waals surface area contributed by atoms with E-state index in [2.05, 4.69) is 10.3 Å². The van der Waals surface area contributed by atoms with E-state index in [4.69, 9.17) is 5.73 Å². The Morgan fingerprint density at radius 1 is 1.30 bits per heavy atom. The van der Waals surface area contributed by atoms with Gasteiger partial charge in [-0.25, -0.2) is 4.98 Å². The zero-order valence-electron chi connectivity index (χ0n) is 10.8. The average Bonchev–Trinajstić information content (AvgIpc) is 2.89. The molecule has 1 unspecified atom stereocenters. The highest BCUT2D eigenvalue weighted by atomic mass is 16.6. The minimum Gasteiger partial charge on any atom is -0.399 e. The molecule has 0 fully saturated rings. The first-order chi connectivity index (χ1) is 9.47. The number of nitrogens with one attached hydrogen (secondary N) is 2. The molecular weight excluding hydrogens is 260 g/mol. The molecule has 2 rings (SSSR count). The zero-order chi connectivity index (χ0) is 14.7. The molecular formula is C13H14N4O3. The summed E-state index contributed by atoms with van der Waals surface area (Å²) < 4.78 is 0. The van der Waals surface area contributed by atoms with Gasteiger partial charge >= 0.3 is 5.82 Å². The van der Waals surface area contributed by atoms with Gasteiger partial charge in [-0.2, -0.15) is 0 Å². The van der Waals surface area contributed by atoms with Crippen LogP contribution in [0.5, 0.6) is 0 Å². The Kier molecular flexibility index (Phi) is 3.69. The van der Waals surface area contributed by atoms with Crippen molar-refractivity contribution in [1.82, 2.24) is 10.3 Å². The van der Waals surface area contributed by atoms with E-state index in [0.717, 1.165) is 5.56 Å². The van der Waals surface area contributed by atoms with Crippen LogP contribution in [0, 0.1) is 10.1 Å². The van der Waals surface area contributed by atoms with Gasteiger partial charge in [-0.15, -0.1) is 0 Å². The summed E-state index contributed by atoms with van der Waals surface area (Å²) in [4.78, 5) is 24.3. The standard InChI is InChI=1S/C13H14N4O3/c1-8(9-2-4-10(14)5-3-9)15-13(18)11-6-7-12(16-11)17(19)20/h2-8,16H,14H2,1H3,(H,15,18). The number of amides is 1. The largest absolute Gasteiger partial charge is 0.399 e. The summed E-state index contributed by atoms with van der Waals surface area (Å²) in [6.07, 6.45) is 0. The third kappa shape index (κ3) is 2.94. The molecule has 1 amide bonds. The fourth-order valence-corrected chi connectivity index (χ4v) is 1.76. The topological polar surface area (TPSA) is 114 Å². The number of nitrogens with zero attached hydrogens (tertiary/aromatic N) is 1. The van der Waals surface area contributed by atoms with Crippen LogP contribution < -0.4 is 11.1 Å². The number of aromatic nitrogens is 1. The second-order valence-corrected chi connectivity index (χ2v) is 4.38. The lowest BCUT2D eigenvalue weighted by atomic mass is 10.1. The van der Waals surface area contributed by atoms with Crippen molar-refractivity contribution in [1.29, 1.82) is 0 Å². The van der Waals surface area contributed by atoms with E-state index in [1.807, 2.05) is 19.1 Å². The van der Waals surface area contributed by atoms with Crippen molar-refractivity contribution < 1.29 is 9.72 Å². The lowest BCUT2D eigenvalue weighted by Gasteiger charge is -2.13. The Labute approximate surface area is 114 Å². The quantitative estimate of drug-likeness (QED) is 0.449. The summed E-state index contributed by atoms with van der Waals surface area (Å²) in [5.74, 6) is -0.613. The highest BCUT2D eigenvalue weighted by Crippen LogP contribution is 2.16. The molecule has 1 aromatic heterocycles. The molecule has 2 aromatic rings. The molecule has 4 N–H and O–H groups in total. The second kappa shape index (κ2) is 5.43. The molecule has 0 aliphatic heterocycles. The Hall–Kier alpha value is -2.83. The van der Waals surface area contributed by atoms with Crippen LogP contribution in [-0.4, -0.2) is 15.8 Å². The van der Waals surface area contributed by atoms with Gasteiger partial charge in [0.05, 0.1) is 6.04 Å². The number of aromatic amines is 1. The smallest absolute Gasteiger partial charge is 0.321 e. The van der Waals surface area contributed by atoms with Crippen LogP contribution in [0.2, 0.25) is 0 Å². The predicted molar refractivity (Wildman–Crippen MR) is 74.2 cm³/mol. The monoisotopic (exact) mass is 274 g/mol. The van der Waals surface area contributed by atoms with E-state index in [9.17, 15) is 14.9 Å². The highest BCUT2D eigenvalue weighted by molar-refractivity contribution is 5.93. The Morgan fingerprint density at radius 3 is 2.50 bits per heavy atom. The molecule has 0 spiro atoms. The van der Waals surface area contributed by atoms with Gasteiger partial charge in [0.2, 0.25) is 0 Å². The maximum absolute atomic E-state index is 11.9. The molecule has 0 radical (unpaired) electrons. The van der Waals surface area contributed by atoms with Gasteiger partial charge in [-0.3, -0.25) is 4.79 Å². The lowest BCUT2D eigenvalue weighted by molar-refractivity contribution is -0.389. The van der Waals surface area contributed by atoms with Crippen molar-refractivity contribution in [2.75, 3.05) is 5.73 Å². The molecule has 0 bridgehead atoms. The number of carbonyl (C=O) groups is 1. The molecule has 0 saturated heterocycles. The summed E-state index contributed by atoms with van der Waals surface area (Å²) in [5, 5.41) is 13.3. The number of carbonyl (C=O) groups excluding carboxylic acids is 1. The van der Waals surface area contributed by atoms with Crippen LogP contribution in [0.25, 0.3) is 0 Å². The third-order valence-electron chi connectivity index (χ3n) is 2.90. The fourth-order valence-electron chi connectivity index (χ4n) is 1.76. The van der Waals surface area contributed by atoms with E-state index in [0.29, 0.717) is 5.69 Å². The van der Waals surface area contributed by atoms with Crippen LogP contribution in [0.3, 0.4) is 0 Å². The van der Waals surface area contributed by atoms with Gasteiger partial charge in [0.1, 0.15) is 0 Å². The van der Waals surface area contributed by atoms with Crippen molar-refractivity contribution in [3.8, 4) is 0 Å². The predicted octanol–water partition coefficient (Wildman–Crippen LogP) is 2.00. The minimum absolute atomic E-state index is 0.152. The number of rotatable bonds is 4. The second-order valence-electron chi connectivity index (χ2n) is 4.38. The number of H-pyrrole nitrogens is 1. The molecule has 7 nitrogen and oxygen atoms in total. The number of nitrogens with two attached hydrogens (primary N) is 1. The van der Waals surface area contributed by atoms with Crippen LogP contribution >= 0.6 is 0 Å². The van der Waals surface area contributed by atoms with E-state index in [1.54, 1.807) is 12.1 Å². The Balaban J connectivity index is 2.06. The maximum Gasteiger partial charge on any atom is 0.321 e. The molecule has 104 valence electrons. The van der Waals surface area contributed by atoms with Gasteiger partial charge in [0.25, 0.3) is 5.91 Å². The zero-order valence-corrected chi connectivity index (χ0v) is 10.8. The van der Waals surface area contributed by atoms with E-state index < -0.39 is 10.8 Å². The number of nitrogen functional groups attached to an aromatic ring is 1. The first kappa shape index (κ1) is 13.6. The maximum atomic E-state index is 11.9. The Morgan fingerprint density at radius 2 is 1.95 bits per heavy atom. The van der Waals surface area contributed by atoms with Crippen LogP contribution in [0.1, 0.15) is 29.0 Å². The molecule has 0 saturated carbocycles. The van der Waals surface area contributed by atoms with E-state index >= 15 is 0 Å². The first-order valence-corrected chi connectivity index (χ1v) is 5.97. The molecule has 20 heavy (non-hydrogen) atoms. The molecule has 1 atom stereocenters. The number of hydrogen-bond acceptors (Lipinski definition) is 4. The van der Waals surface area contributed by atoms with Gasteiger partial charge in [0.15, 0.2) is 5.69 Å². The minimum atomic E-state index is -0.583. The van der Waals surface area contributed by atoms with Crippen molar-refractivity contribution in [3.05, 3.63) is 57.8 Å². The van der Waals surface area contributed by atoms with Gasteiger partial charge in [-0.1, -0.05) is 12.1 Å². The van der Waals surface area contributed by atoms with Crippen molar-refractivity contribution in [2.24, 2.45) is 0 Å². The van der Waals surface area contributed by atoms with E-state index in [1.165, 1.54) is 12.1 Å². The summed E-state index contributed by atoms with van der Waals surface area (Å²) in [7, 11) is 0. The number of hydrogen-bond donors (Lipinski definition) is 3. The number of nitro groups is 1. The van der Waals surface area contributed by atoms with Gasteiger partial charge in [0, 0.05) is 11.8 Å². The van der Waals surface area contributed by atoms with Gasteiger partial charge < -0.3 is 21.2 Å². The molecule has 1 heterocycles. The molecule has 0 aliphatic rings. The molecule has 0 aliphatic carbocycles. The lowest BCUT2D eigenvalue weighted by Crippen LogP contribution is -2.26. The Bertz CT molecular complexity index is 633. The summed E-state index contributed by atoms with van der Waals surface area (Å²) >= 11 is 0. The van der Waals surface area contributed by atoms with Crippen molar-refractivity contribution in [3.63, 3.8) is 0 Å². The number of anilines is 1. The normalized spacial score (nSPS) is 11.8. The molecule has 7 heteroatoms. The number of benzene rings is 1. The third-order valence-corrected chi connectivity index (χ3v) is 2.90. The summed E-state index contributed by atoms with van der Waals surface area (Å²) in [6.45, 7) is 1.82. The fraction of sp³-hybridized carbons (Fsp3) is 0.154. The summed E-state index contributed by atoms with van der Waals surface area (Å²) in [5.41, 5.74) is 7.29. The van der Waals surface area contributed by atoms with Crippen LogP contribution in [0.15, 0.2) is 36.4 Å². The van der Waals surface area contributed by atoms with Crippen molar-refractivity contribution >= 4 is 17.4 Å². The molecule has 1 aromatic carbocycles. The SMILES string of the molecule is CC(NC(=O)c1ccc([N+](=O)[O-])[nH]1)c1ccc(N)cc1. The average molecular weight is 274 g/mol.